The maximum absolute atomic E-state index is 10.5. The molecule has 0 unspecified atom stereocenters. The minimum atomic E-state index is -0.935. The maximum Gasteiger partial charge on any atom is 0.368 e. The Balaban J connectivity index is -0.000000133. The molecule has 0 fully saturated rings. The molecule has 27 heavy (non-hydrogen) atoms. The number of carbonyl (C=O) groups is 4. The van der Waals surface area contributed by atoms with E-state index in [0.29, 0.717) is 12.2 Å². The summed E-state index contributed by atoms with van der Waals surface area (Å²) < 4.78 is 0. The largest absolute Gasteiger partial charge is 0.478 e. The lowest BCUT2D eigenvalue weighted by molar-refractivity contribution is -0.265. The summed E-state index contributed by atoms with van der Waals surface area (Å²) in [5.74, 6) is -3.32. The van der Waals surface area contributed by atoms with Gasteiger partial charge in [-0.3, -0.25) is 4.89 Å². The van der Waals surface area contributed by atoms with Gasteiger partial charge >= 0.3 is 23.9 Å². The van der Waals surface area contributed by atoms with Crippen molar-refractivity contribution in [1.29, 1.82) is 0 Å². The summed E-state index contributed by atoms with van der Waals surface area (Å²) in [5, 5.41) is 23.7. The molecule has 0 aliphatic rings. The third kappa shape index (κ3) is 34.9. The fraction of sp³-hybridized carbons (Fsp3) is 0.333. The van der Waals surface area contributed by atoms with E-state index in [2.05, 4.69) is 36.1 Å². The van der Waals surface area contributed by atoms with Crippen LogP contribution in [-0.2, 0) is 29.0 Å². The Morgan fingerprint density at radius 3 is 1.00 bits per heavy atom. The molecule has 9 heteroatoms. The summed E-state index contributed by atoms with van der Waals surface area (Å²) in [7, 11) is 0. The lowest BCUT2D eigenvalue weighted by Crippen LogP contribution is -2.05. The van der Waals surface area contributed by atoms with Gasteiger partial charge in [-0.25, -0.2) is 19.2 Å². The zero-order chi connectivity index (χ0) is 22.7. The van der Waals surface area contributed by atoms with Gasteiger partial charge in [0, 0.05) is 22.3 Å². The highest BCUT2D eigenvalue weighted by Gasteiger charge is 2.01. The van der Waals surface area contributed by atoms with Crippen molar-refractivity contribution < 1.29 is 44.3 Å². The molecule has 0 saturated heterocycles. The number of aliphatic carboxylic acids is 3. The summed E-state index contributed by atoms with van der Waals surface area (Å²) in [4.78, 5) is 47.8. The number of carboxylic acid groups (broad SMARTS) is 3. The monoisotopic (exact) mass is 388 g/mol. The van der Waals surface area contributed by atoms with Crippen molar-refractivity contribution >= 4 is 23.9 Å². The molecular formula is C18H28O9. The predicted octanol–water partition coefficient (Wildman–Crippen LogP) is 3.00. The van der Waals surface area contributed by atoms with Crippen LogP contribution in [0, 0.1) is 0 Å². The van der Waals surface area contributed by atoms with Crippen LogP contribution in [-0.4, -0.2) is 45.8 Å². The fourth-order valence-electron chi connectivity index (χ4n) is 0.184. The first kappa shape index (κ1) is 31.6. The van der Waals surface area contributed by atoms with Crippen LogP contribution in [0.2, 0.25) is 0 Å². The van der Waals surface area contributed by atoms with Crippen molar-refractivity contribution in [3.8, 4) is 0 Å². The van der Waals surface area contributed by atoms with E-state index in [9.17, 15) is 19.2 Å². The van der Waals surface area contributed by atoms with Crippen molar-refractivity contribution in [2.45, 2.75) is 34.6 Å². The van der Waals surface area contributed by atoms with Gasteiger partial charge < -0.3 is 15.3 Å². The highest BCUT2D eigenvalue weighted by atomic mass is 17.2. The molecule has 0 bridgehead atoms. The van der Waals surface area contributed by atoms with Crippen molar-refractivity contribution in [2.75, 3.05) is 6.61 Å². The Morgan fingerprint density at radius 2 is 0.889 bits per heavy atom. The molecule has 0 aromatic rings. The van der Waals surface area contributed by atoms with Crippen LogP contribution in [0.15, 0.2) is 48.6 Å². The molecule has 0 atom stereocenters. The molecule has 0 saturated carbocycles. The van der Waals surface area contributed by atoms with Gasteiger partial charge in [0.2, 0.25) is 0 Å². The smallest absolute Gasteiger partial charge is 0.368 e. The third-order valence-corrected chi connectivity index (χ3v) is 1.70. The lowest BCUT2D eigenvalue weighted by Gasteiger charge is -1.97. The molecule has 9 nitrogen and oxygen atoms in total. The van der Waals surface area contributed by atoms with E-state index in [1.54, 1.807) is 13.8 Å². The van der Waals surface area contributed by atoms with Gasteiger partial charge in [-0.2, -0.15) is 4.89 Å². The molecule has 154 valence electrons. The molecule has 0 amide bonds. The summed E-state index contributed by atoms with van der Waals surface area (Å²) in [6, 6.07) is 0. The van der Waals surface area contributed by atoms with Gasteiger partial charge in [0.25, 0.3) is 0 Å². The minimum absolute atomic E-state index is 0.176. The van der Waals surface area contributed by atoms with Crippen LogP contribution in [0.5, 0.6) is 0 Å². The van der Waals surface area contributed by atoms with Crippen LogP contribution in [0.3, 0.4) is 0 Å². The van der Waals surface area contributed by atoms with E-state index >= 15 is 0 Å². The maximum atomic E-state index is 10.5. The van der Waals surface area contributed by atoms with Crippen LogP contribution >= 0.6 is 0 Å². The molecule has 0 radical (unpaired) electrons. The summed E-state index contributed by atoms with van der Waals surface area (Å²) in [6.07, 6.45) is 0. The molecule has 0 aromatic heterocycles. The Hall–Kier alpha value is -3.20. The van der Waals surface area contributed by atoms with Gasteiger partial charge in [-0.1, -0.05) is 26.3 Å². The molecule has 0 spiro atoms. The lowest BCUT2D eigenvalue weighted by atomic mass is 10.4. The normalized spacial score (nSPS) is 7.89. The Bertz CT molecular complexity index is 478. The predicted molar refractivity (Wildman–Crippen MR) is 99.9 cm³/mol. The Kier molecular flexibility index (Phi) is 22.4. The first-order valence-electron chi connectivity index (χ1n) is 7.27. The molecule has 0 heterocycles. The average Bonchev–Trinajstić information content (AvgIpc) is 2.53. The highest BCUT2D eigenvalue weighted by Crippen LogP contribution is 1.91. The number of carboxylic acids is 3. The van der Waals surface area contributed by atoms with Crippen LogP contribution in [0.25, 0.3) is 0 Å². The standard InChI is InChI=1S/C6H10O3.3C4H6O2/c1-4-8-9-6(7)5(2)3;3*1-3(2)4(5)6/h2,4H2,1,3H3;3*1H2,2H3,(H,5,6). The summed E-state index contributed by atoms with van der Waals surface area (Å²) >= 11 is 0. The molecule has 0 aromatic carbocycles. The zero-order valence-electron chi connectivity index (χ0n) is 16.3. The molecule has 3 N–H and O–H groups in total. The average molecular weight is 388 g/mol. The van der Waals surface area contributed by atoms with Gasteiger partial charge in [-0.15, -0.1) is 0 Å². The fourth-order valence-corrected chi connectivity index (χ4v) is 0.184. The second kappa shape index (κ2) is 19.1. The van der Waals surface area contributed by atoms with Crippen molar-refractivity contribution in [2.24, 2.45) is 0 Å². The minimum Gasteiger partial charge on any atom is -0.478 e. The molecular weight excluding hydrogens is 360 g/mol. The third-order valence-electron chi connectivity index (χ3n) is 1.70. The van der Waals surface area contributed by atoms with E-state index in [1.165, 1.54) is 20.8 Å². The second-order valence-corrected chi connectivity index (χ2v) is 4.81. The van der Waals surface area contributed by atoms with E-state index in [-0.39, 0.29) is 16.7 Å². The number of hydrogen-bond acceptors (Lipinski definition) is 6. The second-order valence-electron chi connectivity index (χ2n) is 4.81. The van der Waals surface area contributed by atoms with Gasteiger partial charge in [0.1, 0.15) is 0 Å². The van der Waals surface area contributed by atoms with Gasteiger partial charge in [-0.05, 0) is 34.6 Å². The van der Waals surface area contributed by atoms with E-state index in [4.69, 9.17) is 15.3 Å². The van der Waals surface area contributed by atoms with Crippen molar-refractivity contribution in [1.82, 2.24) is 0 Å². The quantitative estimate of drug-likeness (QED) is 0.355. The van der Waals surface area contributed by atoms with Gasteiger partial charge in [0.15, 0.2) is 0 Å². The highest BCUT2D eigenvalue weighted by molar-refractivity contribution is 5.86. The molecule has 0 rings (SSSR count). The zero-order valence-corrected chi connectivity index (χ0v) is 16.3. The topological polar surface area (TPSA) is 147 Å². The van der Waals surface area contributed by atoms with E-state index in [0.717, 1.165) is 0 Å². The van der Waals surface area contributed by atoms with Crippen LogP contribution in [0.4, 0.5) is 0 Å². The Labute approximate surface area is 158 Å². The first-order chi connectivity index (χ1) is 12.1. The van der Waals surface area contributed by atoms with Gasteiger partial charge in [0.05, 0.1) is 6.61 Å². The Morgan fingerprint density at radius 1 is 0.667 bits per heavy atom. The van der Waals surface area contributed by atoms with E-state index in [1.807, 2.05) is 0 Å². The van der Waals surface area contributed by atoms with E-state index < -0.39 is 23.9 Å². The number of hydrogen-bond donors (Lipinski definition) is 3. The van der Waals surface area contributed by atoms with Crippen LogP contribution in [0.1, 0.15) is 34.6 Å². The van der Waals surface area contributed by atoms with Crippen molar-refractivity contribution in [3.63, 3.8) is 0 Å². The summed E-state index contributed by atoms with van der Waals surface area (Å²) in [6.45, 7) is 20.8. The molecule has 0 aliphatic carbocycles. The number of rotatable bonds is 6. The van der Waals surface area contributed by atoms with Crippen LogP contribution < -0.4 is 0 Å². The molecule has 0 aliphatic heterocycles. The van der Waals surface area contributed by atoms with Crippen molar-refractivity contribution in [3.05, 3.63) is 48.6 Å². The SMILES string of the molecule is C=C(C)C(=O)O.C=C(C)C(=O)O.C=C(C)C(=O)O.C=C(C)C(=O)OOCC. The summed E-state index contributed by atoms with van der Waals surface area (Å²) in [5.41, 5.74) is 0.864. The number of carbonyl (C=O) groups excluding carboxylic acids is 1. The first-order valence-corrected chi connectivity index (χ1v) is 7.27.